The first-order valence-electron chi connectivity index (χ1n) is 5.85. The van der Waals surface area contributed by atoms with Gasteiger partial charge in [0, 0.05) is 18.9 Å². The quantitative estimate of drug-likeness (QED) is 0.723. The van der Waals surface area contributed by atoms with E-state index < -0.39 is 11.9 Å². The zero-order valence-corrected chi connectivity index (χ0v) is 10.4. The summed E-state index contributed by atoms with van der Waals surface area (Å²) in [7, 11) is 1.67. The molecule has 0 bridgehead atoms. The minimum Gasteiger partial charge on any atom is -0.368 e. The van der Waals surface area contributed by atoms with E-state index in [-0.39, 0.29) is 11.8 Å². The van der Waals surface area contributed by atoms with Crippen molar-refractivity contribution < 1.29 is 9.59 Å². The summed E-state index contributed by atoms with van der Waals surface area (Å²) < 4.78 is 0. The fraction of sp³-hybridized carbons (Fsp3) is 0.700. The second-order valence-electron chi connectivity index (χ2n) is 4.41. The molecule has 2 amide bonds. The average molecular weight is 252 g/mol. The summed E-state index contributed by atoms with van der Waals surface area (Å²) in [6, 6.07) is -0.542. The Balaban J connectivity index is 2.13. The summed E-state index contributed by atoms with van der Waals surface area (Å²) in [5.41, 5.74) is 5.30. The van der Waals surface area contributed by atoms with Crippen LogP contribution in [0.4, 0.5) is 0 Å². The minimum atomic E-state index is -0.542. The van der Waals surface area contributed by atoms with Crippen LogP contribution in [0.5, 0.6) is 0 Å². The number of tetrazole rings is 1. The lowest BCUT2D eigenvalue weighted by atomic mass is 10.1. The Morgan fingerprint density at radius 1 is 1.61 bits per heavy atom. The Morgan fingerprint density at radius 3 is 2.83 bits per heavy atom. The molecule has 1 aliphatic rings. The number of nitrogens with two attached hydrogens (primary N) is 1. The molecular formula is C10H16N6O2. The molecule has 2 atom stereocenters. The van der Waals surface area contributed by atoms with Crippen molar-refractivity contribution >= 4 is 11.8 Å². The third kappa shape index (κ3) is 2.18. The molecule has 98 valence electrons. The topological polar surface area (TPSA) is 107 Å². The molecule has 0 aliphatic carbocycles. The number of carbonyl (C=O) groups excluding carboxylic acids is 2. The number of hydrogen-bond acceptors (Lipinski definition) is 5. The fourth-order valence-corrected chi connectivity index (χ4v) is 2.24. The van der Waals surface area contributed by atoms with Crippen LogP contribution in [0.2, 0.25) is 0 Å². The number of carbonyl (C=O) groups is 2. The van der Waals surface area contributed by atoms with Gasteiger partial charge in [-0.1, -0.05) is 6.92 Å². The van der Waals surface area contributed by atoms with Gasteiger partial charge in [0.25, 0.3) is 0 Å². The Labute approximate surface area is 104 Å². The van der Waals surface area contributed by atoms with Crippen molar-refractivity contribution in [2.75, 3.05) is 6.54 Å². The molecule has 2 heterocycles. The molecule has 0 spiro atoms. The van der Waals surface area contributed by atoms with Crippen molar-refractivity contribution in [3.63, 3.8) is 0 Å². The van der Waals surface area contributed by atoms with Gasteiger partial charge in [0.1, 0.15) is 6.04 Å². The number of amides is 2. The van der Waals surface area contributed by atoms with Crippen LogP contribution in [0.1, 0.15) is 31.5 Å². The Hall–Kier alpha value is -1.99. The zero-order chi connectivity index (χ0) is 13.3. The lowest BCUT2D eigenvalue weighted by Crippen LogP contribution is -2.45. The summed E-state index contributed by atoms with van der Waals surface area (Å²) >= 11 is 0. The van der Waals surface area contributed by atoms with Gasteiger partial charge in [0.2, 0.25) is 11.8 Å². The van der Waals surface area contributed by atoms with Crippen molar-refractivity contribution in [3.8, 4) is 0 Å². The van der Waals surface area contributed by atoms with Crippen LogP contribution in [0.3, 0.4) is 0 Å². The van der Waals surface area contributed by atoms with Crippen LogP contribution in [-0.4, -0.2) is 49.5 Å². The first-order valence-corrected chi connectivity index (χ1v) is 5.85. The lowest BCUT2D eigenvalue weighted by Gasteiger charge is -2.23. The Morgan fingerprint density at radius 2 is 2.33 bits per heavy atom. The summed E-state index contributed by atoms with van der Waals surface area (Å²) in [5.74, 6) is -0.135. The molecule has 2 N–H and O–H groups in total. The van der Waals surface area contributed by atoms with Gasteiger partial charge in [-0.25, -0.2) is 0 Å². The first-order chi connectivity index (χ1) is 8.52. The molecule has 1 aromatic heterocycles. The minimum absolute atomic E-state index is 0.0851. The van der Waals surface area contributed by atoms with E-state index >= 15 is 0 Å². The largest absolute Gasteiger partial charge is 0.368 e. The van der Waals surface area contributed by atoms with Gasteiger partial charge >= 0.3 is 0 Å². The molecule has 8 nitrogen and oxygen atoms in total. The highest BCUT2D eigenvalue weighted by molar-refractivity contribution is 5.88. The highest BCUT2D eigenvalue weighted by Crippen LogP contribution is 2.27. The molecule has 2 rings (SSSR count). The van der Waals surface area contributed by atoms with Crippen LogP contribution in [0.15, 0.2) is 0 Å². The maximum Gasteiger partial charge on any atom is 0.240 e. The normalized spacial score (nSPS) is 21.3. The molecule has 8 heteroatoms. The van der Waals surface area contributed by atoms with Crippen molar-refractivity contribution in [1.82, 2.24) is 25.1 Å². The van der Waals surface area contributed by atoms with Gasteiger partial charge in [-0.15, -0.1) is 10.2 Å². The number of aromatic nitrogens is 4. The van der Waals surface area contributed by atoms with Gasteiger partial charge < -0.3 is 10.6 Å². The van der Waals surface area contributed by atoms with Crippen LogP contribution < -0.4 is 5.73 Å². The molecule has 1 saturated heterocycles. The molecular weight excluding hydrogens is 236 g/mol. The molecule has 2 unspecified atom stereocenters. The standard InChI is InChI=1S/C10H16N6O2/c1-3-7(9(11)18)16-5-6(4-8(16)17)10-12-14-15(2)13-10/h6-7H,3-5H2,1-2H3,(H2,11,18). The van der Waals surface area contributed by atoms with Crippen molar-refractivity contribution in [1.29, 1.82) is 0 Å². The van der Waals surface area contributed by atoms with Crippen LogP contribution in [0.25, 0.3) is 0 Å². The molecule has 18 heavy (non-hydrogen) atoms. The number of aryl methyl sites for hydroxylation is 1. The SMILES string of the molecule is CCC(C(N)=O)N1CC(c2nnn(C)n2)CC1=O. The van der Waals surface area contributed by atoms with E-state index in [4.69, 9.17) is 5.73 Å². The van der Waals surface area contributed by atoms with Crippen molar-refractivity contribution in [3.05, 3.63) is 5.82 Å². The van der Waals surface area contributed by atoms with Gasteiger partial charge in [-0.2, -0.15) is 4.80 Å². The average Bonchev–Trinajstić information content (AvgIpc) is 2.87. The van der Waals surface area contributed by atoms with Crippen LogP contribution >= 0.6 is 0 Å². The third-order valence-electron chi connectivity index (χ3n) is 3.14. The van der Waals surface area contributed by atoms with Crippen LogP contribution in [0, 0.1) is 0 Å². The molecule has 0 saturated carbocycles. The summed E-state index contributed by atoms with van der Waals surface area (Å²) in [6.45, 7) is 2.25. The fourth-order valence-electron chi connectivity index (χ4n) is 2.24. The summed E-state index contributed by atoms with van der Waals surface area (Å²) in [6.07, 6.45) is 0.817. The second kappa shape index (κ2) is 4.71. The molecule has 1 aromatic rings. The maximum atomic E-state index is 11.9. The summed E-state index contributed by atoms with van der Waals surface area (Å²) in [5, 5.41) is 11.7. The van der Waals surface area contributed by atoms with Crippen molar-refractivity contribution in [2.24, 2.45) is 12.8 Å². The second-order valence-corrected chi connectivity index (χ2v) is 4.41. The van der Waals surface area contributed by atoms with E-state index in [2.05, 4.69) is 15.4 Å². The number of nitrogens with zero attached hydrogens (tertiary/aromatic N) is 5. The predicted molar refractivity (Wildman–Crippen MR) is 61.1 cm³/mol. The van der Waals surface area contributed by atoms with E-state index in [1.807, 2.05) is 6.92 Å². The van der Waals surface area contributed by atoms with E-state index in [0.29, 0.717) is 25.2 Å². The van der Waals surface area contributed by atoms with Crippen molar-refractivity contribution in [2.45, 2.75) is 31.7 Å². The highest BCUT2D eigenvalue weighted by atomic mass is 16.2. The Bertz CT molecular complexity index is 471. The third-order valence-corrected chi connectivity index (χ3v) is 3.14. The maximum absolute atomic E-state index is 11.9. The zero-order valence-electron chi connectivity index (χ0n) is 10.4. The monoisotopic (exact) mass is 252 g/mol. The van der Waals surface area contributed by atoms with E-state index in [0.717, 1.165) is 0 Å². The number of likely N-dealkylation sites (tertiary alicyclic amines) is 1. The molecule has 1 aliphatic heterocycles. The number of hydrogen-bond donors (Lipinski definition) is 1. The van der Waals surface area contributed by atoms with E-state index in [1.54, 1.807) is 7.05 Å². The smallest absolute Gasteiger partial charge is 0.240 e. The number of primary amides is 1. The first kappa shape index (κ1) is 12.5. The lowest BCUT2D eigenvalue weighted by molar-refractivity contribution is -0.136. The van der Waals surface area contributed by atoms with Gasteiger partial charge in [-0.05, 0) is 11.6 Å². The summed E-state index contributed by atoms with van der Waals surface area (Å²) in [4.78, 5) is 26.1. The van der Waals surface area contributed by atoms with E-state index in [1.165, 1.54) is 9.70 Å². The molecule has 1 fully saturated rings. The Kier molecular flexibility index (Phi) is 3.26. The molecule has 0 aromatic carbocycles. The predicted octanol–water partition coefficient (Wildman–Crippen LogP) is -1.21. The van der Waals surface area contributed by atoms with Gasteiger partial charge in [0.05, 0.1) is 7.05 Å². The number of rotatable bonds is 4. The van der Waals surface area contributed by atoms with E-state index in [9.17, 15) is 9.59 Å². The van der Waals surface area contributed by atoms with Crippen LogP contribution in [-0.2, 0) is 16.6 Å². The van der Waals surface area contributed by atoms with Gasteiger partial charge in [0.15, 0.2) is 5.82 Å². The highest BCUT2D eigenvalue weighted by Gasteiger charge is 2.38. The van der Waals surface area contributed by atoms with Gasteiger partial charge in [-0.3, -0.25) is 9.59 Å². The molecule has 0 radical (unpaired) electrons.